The van der Waals surface area contributed by atoms with Gasteiger partial charge in [-0.25, -0.2) is 0 Å². The van der Waals surface area contributed by atoms with Crippen LogP contribution in [0.3, 0.4) is 0 Å². The molecule has 0 radical (unpaired) electrons. The number of nitrogens with zero attached hydrogens (tertiary/aromatic N) is 1. The van der Waals surface area contributed by atoms with Crippen LogP contribution in [0.5, 0.6) is 0 Å². The van der Waals surface area contributed by atoms with Crippen molar-refractivity contribution < 1.29 is 0 Å². The zero-order chi connectivity index (χ0) is 10.7. The predicted octanol–water partition coefficient (Wildman–Crippen LogP) is 3.12. The average molecular weight is 257 g/mol. The Kier molecular flexibility index (Phi) is 3.50. The van der Waals surface area contributed by atoms with Gasteiger partial charge in [0.15, 0.2) is 5.82 Å². The lowest BCUT2D eigenvalue weighted by Gasteiger charge is -2.03. The molecule has 0 aliphatic heterocycles. The van der Waals surface area contributed by atoms with E-state index in [1.54, 1.807) is 23.1 Å². The molecule has 0 aliphatic rings. The molecule has 0 amide bonds. The van der Waals surface area contributed by atoms with Crippen molar-refractivity contribution in [1.29, 1.82) is 0 Å². The van der Waals surface area contributed by atoms with Gasteiger partial charge in [-0.2, -0.15) is 15.7 Å². The summed E-state index contributed by atoms with van der Waals surface area (Å²) in [7, 11) is 0. The van der Waals surface area contributed by atoms with Crippen molar-refractivity contribution in [2.75, 3.05) is 17.3 Å². The lowest BCUT2D eigenvalue weighted by molar-refractivity contribution is 1.16. The zero-order valence-corrected chi connectivity index (χ0v) is 10.6. The second-order valence-electron chi connectivity index (χ2n) is 2.92. The summed E-state index contributed by atoms with van der Waals surface area (Å²) in [5.74, 6) is 0.625. The molecule has 2 rings (SSSR count). The number of hydrogen-bond acceptors (Lipinski definition) is 6. The Labute approximate surface area is 101 Å². The molecule has 2 heterocycles. The van der Waals surface area contributed by atoms with Crippen molar-refractivity contribution in [3.05, 3.63) is 22.4 Å². The fourth-order valence-corrected chi connectivity index (χ4v) is 3.39. The molecule has 3 nitrogen and oxygen atoms in total. The van der Waals surface area contributed by atoms with Crippen LogP contribution in [0.25, 0.3) is 0 Å². The molecule has 80 valence electrons. The van der Waals surface area contributed by atoms with Gasteiger partial charge >= 0.3 is 0 Å². The average Bonchev–Trinajstić information content (AvgIpc) is 2.84. The molecule has 0 unspecified atom stereocenters. The van der Waals surface area contributed by atoms with Crippen molar-refractivity contribution in [3.8, 4) is 0 Å². The SMILES string of the molecule is CSc1c(N)nsc1NCc1ccsc1. The summed E-state index contributed by atoms with van der Waals surface area (Å²) < 4.78 is 4.13. The smallest absolute Gasteiger partial charge is 0.153 e. The van der Waals surface area contributed by atoms with Gasteiger partial charge < -0.3 is 11.1 Å². The van der Waals surface area contributed by atoms with Crippen LogP contribution in [0.15, 0.2) is 21.7 Å². The van der Waals surface area contributed by atoms with Crippen molar-refractivity contribution in [2.45, 2.75) is 11.4 Å². The van der Waals surface area contributed by atoms with Crippen LogP contribution in [0.1, 0.15) is 5.56 Å². The van der Waals surface area contributed by atoms with Gasteiger partial charge in [0.25, 0.3) is 0 Å². The lowest BCUT2D eigenvalue weighted by Crippen LogP contribution is -1.97. The van der Waals surface area contributed by atoms with Crippen LogP contribution in [0.2, 0.25) is 0 Å². The minimum absolute atomic E-state index is 0.625. The van der Waals surface area contributed by atoms with Crippen LogP contribution in [0.4, 0.5) is 10.8 Å². The van der Waals surface area contributed by atoms with Gasteiger partial charge in [-0.1, -0.05) is 0 Å². The third-order valence-electron chi connectivity index (χ3n) is 1.91. The second-order valence-corrected chi connectivity index (χ2v) is 5.29. The normalized spacial score (nSPS) is 10.5. The Morgan fingerprint density at radius 1 is 1.60 bits per heavy atom. The molecule has 0 atom stereocenters. The fraction of sp³-hybridized carbons (Fsp3) is 0.222. The molecule has 6 heteroatoms. The van der Waals surface area contributed by atoms with Crippen LogP contribution < -0.4 is 11.1 Å². The monoisotopic (exact) mass is 257 g/mol. The topological polar surface area (TPSA) is 50.9 Å². The van der Waals surface area contributed by atoms with Crippen molar-refractivity contribution in [3.63, 3.8) is 0 Å². The number of anilines is 2. The van der Waals surface area contributed by atoms with E-state index in [0.29, 0.717) is 5.82 Å². The van der Waals surface area contributed by atoms with Gasteiger partial charge in [0.05, 0.1) is 4.90 Å². The number of aromatic nitrogens is 1. The van der Waals surface area contributed by atoms with E-state index in [1.165, 1.54) is 17.1 Å². The highest BCUT2D eigenvalue weighted by atomic mass is 32.2. The summed E-state index contributed by atoms with van der Waals surface area (Å²) in [6.07, 6.45) is 2.01. The van der Waals surface area contributed by atoms with E-state index < -0.39 is 0 Å². The first-order valence-electron chi connectivity index (χ1n) is 4.35. The molecule has 0 aromatic carbocycles. The number of hydrogen-bond donors (Lipinski definition) is 2. The Bertz CT molecular complexity index is 422. The third-order valence-corrected chi connectivity index (χ3v) is 4.41. The van der Waals surface area contributed by atoms with E-state index in [4.69, 9.17) is 5.73 Å². The van der Waals surface area contributed by atoms with Crippen LogP contribution in [-0.4, -0.2) is 10.6 Å². The Balaban J connectivity index is 2.05. The van der Waals surface area contributed by atoms with Gasteiger partial charge in [-0.05, 0) is 40.2 Å². The third kappa shape index (κ3) is 2.45. The molecule has 0 fully saturated rings. The highest BCUT2D eigenvalue weighted by Crippen LogP contribution is 2.34. The summed E-state index contributed by atoms with van der Waals surface area (Å²) in [6, 6.07) is 2.11. The molecule has 2 aromatic rings. The Morgan fingerprint density at radius 3 is 3.13 bits per heavy atom. The Morgan fingerprint density at radius 2 is 2.47 bits per heavy atom. The molecular formula is C9H11N3S3. The minimum atomic E-state index is 0.625. The van der Waals surface area contributed by atoms with Gasteiger partial charge in [-0.3, -0.25) is 0 Å². The maximum absolute atomic E-state index is 5.74. The molecule has 0 saturated heterocycles. The summed E-state index contributed by atoms with van der Waals surface area (Å²) in [5, 5.41) is 8.62. The quantitative estimate of drug-likeness (QED) is 0.826. The standard InChI is InChI=1S/C9H11N3S3/c1-13-7-8(10)12-15-9(7)11-4-6-2-3-14-5-6/h2-3,5,11H,4H2,1H3,(H2,10,12). The lowest BCUT2D eigenvalue weighted by atomic mass is 10.3. The van der Waals surface area contributed by atoms with Crippen LogP contribution in [-0.2, 0) is 6.54 Å². The predicted molar refractivity (Wildman–Crippen MR) is 70.0 cm³/mol. The Hall–Kier alpha value is -0.720. The van der Waals surface area contributed by atoms with E-state index in [9.17, 15) is 0 Å². The number of thioether (sulfide) groups is 1. The molecule has 3 N–H and O–H groups in total. The van der Waals surface area contributed by atoms with Gasteiger partial charge in [0.2, 0.25) is 0 Å². The summed E-state index contributed by atoms with van der Waals surface area (Å²) in [4.78, 5) is 1.05. The van der Waals surface area contributed by atoms with Crippen molar-refractivity contribution in [1.82, 2.24) is 4.37 Å². The minimum Gasteiger partial charge on any atom is -0.382 e. The maximum Gasteiger partial charge on any atom is 0.153 e. The van der Waals surface area contributed by atoms with E-state index >= 15 is 0 Å². The molecular weight excluding hydrogens is 246 g/mol. The van der Waals surface area contributed by atoms with Crippen molar-refractivity contribution >= 4 is 45.5 Å². The van der Waals surface area contributed by atoms with E-state index in [1.807, 2.05) is 6.26 Å². The molecule has 0 bridgehead atoms. The number of thiophene rings is 1. The molecule has 15 heavy (non-hydrogen) atoms. The molecule has 0 aliphatic carbocycles. The fourth-order valence-electron chi connectivity index (χ4n) is 1.18. The van der Waals surface area contributed by atoms with E-state index in [-0.39, 0.29) is 0 Å². The highest BCUT2D eigenvalue weighted by Gasteiger charge is 2.09. The van der Waals surface area contributed by atoms with Crippen LogP contribution in [0, 0.1) is 0 Å². The molecule has 0 saturated carbocycles. The van der Waals surface area contributed by atoms with Crippen molar-refractivity contribution in [2.24, 2.45) is 0 Å². The van der Waals surface area contributed by atoms with Gasteiger partial charge in [0.1, 0.15) is 5.00 Å². The van der Waals surface area contributed by atoms with Crippen LogP contribution >= 0.6 is 34.6 Å². The number of nitrogens with two attached hydrogens (primary N) is 1. The summed E-state index contributed by atoms with van der Waals surface area (Å²) in [6.45, 7) is 0.832. The number of nitrogen functional groups attached to an aromatic ring is 1. The van der Waals surface area contributed by atoms with Gasteiger partial charge in [-0.15, -0.1) is 11.8 Å². The highest BCUT2D eigenvalue weighted by molar-refractivity contribution is 7.99. The largest absolute Gasteiger partial charge is 0.382 e. The zero-order valence-electron chi connectivity index (χ0n) is 8.19. The van der Waals surface area contributed by atoms with E-state index in [0.717, 1.165) is 16.4 Å². The first kappa shape index (κ1) is 10.8. The van der Waals surface area contributed by atoms with E-state index in [2.05, 4.69) is 26.5 Å². The molecule has 0 spiro atoms. The first-order chi connectivity index (χ1) is 7.31. The second kappa shape index (κ2) is 4.87. The number of rotatable bonds is 4. The first-order valence-corrected chi connectivity index (χ1v) is 7.29. The molecule has 2 aromatic heterocycles. The maximum atomic E-state index is 5.74. The van der Waals surface area contributed by atoms with Gasteiger partial charge in [0, 0.05) is 6.54 Å². The summed E-state index contributed by atoms with van der Waals surface area (Å²) >= 11 is 4.76. The number of nitrogens with one attached hydrogen (secondary N) is 1. The summed E-state index contributed by atoms with van der Waals surface area (Å²) in [5.41, 5.74) is 7.03.